The van der Waals surface area contributed by atoms with Crippen LogP contribution in [0.5, 0.6) is 0 Å². The molecular weight excluding hydrogens is 321 g/mol. The van der Waals surface area contributed by atoms with E-state index < -0.39 is 11.7 Å². The summed E-state index contributed by atoms with van der Waals surface area (Å²) >= 11 is 0. The molecule has 0 spiro atoms. The summed E-state index contributed by atoms with van der Waals surface area (Å²) < 4.78 is 15.3. The molecule has 0 atom stereocenters. The highest BCUT2D eigenvalue weighted by molar-refractivity contribution is 6.04. The normalized spacial score (nSPS) is 10.4. The average Bonchev–Trinajstić information content (AvgIpc) is 3.05. The van der Waals surface area contributed by atoms with Crippen LogP contribution in [0.2, 0.25) is 0 Å². The summed E-state index contributed by atoms with van der Waals surface area (Å²) in [6, 6.07) is 16.9. The lowest BCUT2D eigenvalue weighted by molar-refractivity contribution is 0.0991. The number of hydrogen-bond acceptors (Lipinski definition) is 2. The molecule has 3 rings (SSSR count). The smallest absolute Gasteiger partial charge is 0.272 e. The van der Waals surface area contributed by atoms with Crippen LogP contribution in [0.25, 0.3) is 0 Å². The summed E-state index contributed by atoms with van der Waals surface area (Å²) in [4.78, 5) is 23.7. The van der Waals surface area contributed by atoms with Gasteiger partial charge in [0.15, 0.2) is 0 Å². The van der Waals surface area contributed by atoms with E-state index in [0.29, 0.717) is 17.9 Å². The van der Waals surface area contributed by atoms with Crippen LogP contribution in [-0.4, -0.2) is 16.4 Å². The lowest BCUT2D eigenvalue weighted by Gasteiger charge is -2.11. The van der Waals surface area contributed by atoms with E-state index in [1.807, 2.05) is 34.9 Å². The monoisotopic (exact) mass is 337 g/mol. The minimum absolute atomic E-state index is 0.266. The molecule has 0 radical (unpaired) electrons. The van der Waals surface area contributed by atoms with E-state index in [0.717, 1.165) is 11.6 Å². The second-order valence-corrected chi connectivity index (χ2v) is 5.52. The Balaban J connectivity index is 1.80. The van der Waals surface area contributed by atoms with Crippen molar-refractivity contribution < 1.29 is 14.0 Å². The number of hydrogen-bond donors (Lipinski definition) is 2. The van der Waals surface area contributed by atoms with Gasteiger partial charge in [-0.05, 0) is 35.9 Å². The highest BCUT2D eigenvalue weighted by Gasteiger charge is 2.14. The number of rotatable bonds is 5. The molecule has 0 saturated carbocycles. The molecule has 0 aliphatic heterocycles. The molecule has 0 aliphatic carbocycles. The molecular formula is C19H16FN3O2. The molecule has 0 bridgehead atoms. The molecule has 5 nitrogen and oxygen atoms in total. The summed E-state index contributed by atoms with van der Waals surface area (Å²) in [6.45, 7) is 0.548. The van der Waals surface area contributed by atoms with Crippen molar-refractivity contribution in [2.75, 3.05) is 5.32 Å². The van der Waals surface area contributed by atoms with Crippen molar-refractivity contribution in [2.45, 2.75) is 6.54 Å². The number of carbonyl (C=O) groups excluding carboxylic acids is 2. The van der Waals surface area contributed by atoms with Crippen molar-refractivity contribution in [1.82, 2.24) is 4.57 Å². The van der Waals surface area contributed by atoms with Gasteiger partial charge in [-0.2, -0.15) is 0 Å². The zero-order valence-electron chi connectivity index (χ0n) is 13.3. The first-order valence-corrected chi connectivity index (χ1v) is 7.64. The Morgan fingerprint density at radius 1 is 1.04 bits per heavy atom. The highest BCUT2D eigenvalue weighted by Crippen LogP contribution is 2.16. The van der Waals surface area contributed by atoms with Gasteiger partial charge in [0.2, 0.25) is 0 Å². The number of nitrogens with two attached hydrogens (primary N) is 1. The zero-order chi connectivity index (χ0) is 17.8. The van der Waals surface area contributed by atoms with Crippen LogP contribution in [-0.2, 0) is 6.54 Å². The van der Waals surface area contributed by atoms with Crippen molar-refractivity contribution in [3.63, 3.8) is 0 Å². The molecule has 0 saturated heterocycles. The third-order valence-electron chi connectivity index (χ3n) is 3.75. The number of primary amides is 1. The van der Waals surface area contributed by atoms with Crippen molar-refractivity contribution >= 4 is 17.5 Å². The fourth-order valence-corrected chi connectivity index (χ4v) is 2.53. The molecule has 2 amide bonds. The number of halogens is 1. The Morgan fingerprint density at radius 2 is 1.80 bits per heavy atom. The van der Waals surface area contributed by atoms with Crippen LogP contribution in [0.4, 0.5) is 10.1 Å². The van der Waals surface area contributed by atoms with Gasteiger partial charge in [-0.3, -0.25) is 9.59 Å². The Kier molecular flexibility index (Phi) is 4.61. The van der Waals surface area contributed by atoms with Crippen LogP contribution >= 0.6 is 0 Å². The van der Waals surface area contributed by atoms with Gasteiger partial charge in [-0.15, -0.1) is 0 Å². The van der Waals surface area contributed by atoms with Crippen LogP contribution < -0.4 is 11.1 Å². The summed E-state index contributed by atoms with van der Waals surface area (Å²) in [7, 11) is 0. The standard InChI is InChI=1S/C19H16FN3O2/c20-16-9-8-14(11-15(16)18(21)24)22-19(25)17-7-4-10-23(17)12-13-5-2-1-3-6-13/h1-11H,12H2,(H2,21,24)(H,22,25). The second kappa shape index (κ2) is 7.00. The van der Waals surface area contributed by atoms with E-state index in [9.17, 15) is 14.0 Å². The first-order valence-electron chi connectivity index (χ1n) is 7.64. The maximum Gasteiger partial charge on any atom is 0.272 e. The molecule has 1 aromatic heterocycles. The maximum absolute atomic E-state index is 13.5. The zero-order valence-corrected chi connectivity index (χ0v) is 13.3. The van der Waals surface area contributed by atoms with Crippen LogP contribution in [0.15, 0.2) is 66.9 Å². The number of nitrogens with zero attached hydrogens (tertiary/aromatic N) is 1. The molecule has 126 valence electrons. The Bertz CT molecular complexity index is 919. The number of nitrogens with one attached hydrogen (secondary N) is 1. The molecule has 3 aromatic rings. The van der Waals surface area contributed by atoms with Crippen molar-refractivity contribution in [3.05, 3.63) is 89.5 Å². The minimum atomic E-state index is -0.888. The van der Waals surface area contributed by atoms with Gasteiger partial charge in [0.05, 0.1) is 5.56 Å². The van der Waals surface area contributed by atoms with Gasteiger partial charge in [-0.1, -0.05) is 30.3 Å². The van der Waals surface area contributed by atoms with E-state index in [1.165, 1.54) is 12.1 Å². The fraction of sp³-hybridized carbons (Fsp3) is 0.0526. The predicted octanol–water partition coefficient (Wildman–Crippen LogP) is 3.03. The van der Waals surface area contributed by atoms with Gasteiger partial charge < -0.3 is 15.6 Å². The van der Waals surface area contributed by atoms with Crippen molar-refractivity contribution in [1.29, 1.82) is 0 Å². The number of anilines is 1. The topological polar surface area (TPSA) is 77.1 Å². The van der Waals surface area contributed by atoms with Gasteiger partial charge in [0, 0.05) is 18.4 Å². The lowest BCUT2D eigenvalue weighted by Crippen LogP contribution is -2.18. The molecule has 6 heteroatoms. The minimum Gasteiger partial charge on any atom is -0.366 e. The molecule has 3 N–H and O–H groups in total. The lowest BCUT2D eigenvalue weighted by atomic mass is 10.1. The van der Waals surface area contributed by atoms with Gasteiger partial charge in [-0.25, -0.2) is 4.39 Å². The predicted molar refractivity (Wildman–Crippen MR) is 92.8 cm³/mol. The molecule has 1 heterocycles. The number of amides is 2. The molecule has 0 aliphatic rings. The van der Waals surface area contributed by atoms with E-state index >= 15 is 0 Å². The molecule has 0 fully saturated rings. The first-order chi connectivity index (χ1) is 12.0. The number of benzene rings is 2. The van der Waals surface area contributed by atoms with E-state index in [4.69, 9.17) is 5.73 Å². The third kappa shape index (κ3) is 3.74. The van der Waals surface area contributed by atoms with Crippen LogP contribution in [0.3, 0.4) is 0 Å². The van der Waals surface area contributed by atoms with Crippen molar-refractivity contribution in [3.8, 4) is 0 Å². The van der Waals surface area contributed by atoms with Crippen LogP contribution in [0.1, 0.15) is 26.4 Å². The summed E-state index contributed by atoms with van der Waals surface area (Å²) in [5.74, 6) is -1.97. The van der Waals surface area contributed by atoms with Crippen molar-refractivity contribution in [2.24, 2.45) is 5.73 Å². The third-order valence-corrected chi connectivity index (χ3v) is 3.75. The highest BCUT2D eigenvalue weighted by atomic mass is 19.1. The van der Waals surface area contributed by atoms with E-state index in [2.05, 4.69) is 5.32 Å². The SMILES string of the molecule is NC(=O)c1cc(NC(=O)c2cccn2Cc2ccccc2)ccc1F. The summed E-state index contributed by atoms with van der Waals surface area (Å²) in [5.41, 5.74) is 6.67. The fourth-order valence-electron chi connectivity index (χ4n) is 2.53. The molecule has 2 aromatic carbocycles. The Hall–Kier alpha value is -3.41. The maximum atomic E-state index is 13.5. The number of carbonyl (C=O) groups is 2. The van der Waals surface area contributed by atoms with Crippen LogP contribution in [0, 0.1) is 5.82 Å². The first kappa shape index (κ1) is 16.4. The van der Waals surface area contributed by atoms with Gasteiger partial charge >= 0.3 is 0 Å². The summed E-state index contributed by atoms with van der Waals surface area (Å²) in [6.07, 6.45) is 1.81. The average molecular weight is 337 g/mol. The molecule has 0 unspecified atom stereocenters. The van der Waals surface area contributed by atoms with E-state index in [1.54, 1.807) is 18.3 Å². The van der Waals surface area contributed by atoms with E-state index in [-0.39, 0.29) is 11.5 Å². The largest absolute Gasteiger partial charge is 0.366 e. The number of aromatic nitrogens is 1. The quantitative estimate of drug-likeness (QED) is 0.751. The van der Waals surface area contributed by atoms with Gasteiger partial charge in [0.1, 0.15) is 11.5 Å². The Morgan fingerprint density at radius 3 is 2.52 bits per heavy atom. The van der Waals surface area contributed by atoms with Gasteiger partial charge in [0.25, 0.3) is 11.8 Å². The summed E-state index contributed by atoms with van der Waals surface area (Å²) in [5, 5.41) is 2.66. The second-order valence-electron chi connectivity index (χ2n) is 5.52. The molecule has 25 heavy (non-hydrogen) atoms. The Labute approximate surface area is 143 Å².